The normalized spacial score (nSPS) is 31.7. The summed E-state index contributed by atoms with van der Waals surface area (Å²) in [6, 6.07) is 4.29. The van der Waals surface area contributed by atoms with E-state index in [0.717, 1.165) is 23.3 Å². The average molecular weight is 475 g/mol. The zero-order valence-electron chi connectivity index (χ0n) is 15.8. The van der Waals surface area contributed by atoms with Crippen molar-refractivity contribution in [2.45, 2.75) is 43.9 Å². The molecule has 4 fully saturated rings. The first kappa shape index (κ1) is 20.7. The first-order valence-corrected chi connectivity index (χ1v) is 15.7. The third-order valence-corrected chi connectivity index (χ3v) is 6.52. The molecule has 0 aliphatic heterocycles. The molecule has 5 rings (SSSR count). The van der Waals surface area contributed by atoms with Crippen LogP contribution in [0.1, 0.15) is 49.7 Å². The number of halogens is 2. The molecule has 4 saturated carbocycles. The van der Waals surface area contributed by atoms with Crippen LogP contribution in [-0.4, -0.2) is 32.5 Å². The van der Waals surface area contributed by atoms with Gasteiger partial charge in [0.25, 0.3) is 0 Å². The number of aliphatic imine (C=N–C) groups is 1. The minimum absolute atomic E-state index is 0.210. The maximum absolute atomic E-state index is 11.0. The molecule has 142 valence electrons. The van der Waals surface area contributed by atoms with Gasteiger partial charge in [-0.15, -0.1) is 0 Å². The van der Waals surface area contributed by atoms with E-state index in [-0.39, 0.29) is 5.41 Å². The van der Waals surface area contributed by atoms with Crippen LogP contribution in [0.4, 0.5) is 5.69 Å². The van der Waals surface area contributed by atoms with E-state index in [9.17, 15) is 5.11 Å². The number of aromatic hydroxyl groups is 1. The minimum atomic E-state index is -0.826. The Hall–Kier alpha value is -0.0469. The Kier molecular flexibility index (Phi) is 6.79. The molecule has 0 radical (unpaired) electrons. The zero-order valence-corrected chi connectivity index (χ0v) is 19.8. The van der Waals surface area contributed by atoms with E-state index in [4.69, 9.17) is 17.0 Å². The number of nitrogens with zero attached hydrogens (tertiary/aromatic N) is 2. The summed E-state index contributed by atoms with van der Waals surface area (Å²) in [6.45, 7) is 0. The van der Waals surface area contributed by atoms with Crippen LogP contribution in [0.15, 0.2) is 17.1 Å². The molecule has 0 saturated heterocycles. The molecule has 26 heavy (non-hydrogen) atoms. The number of anilines is 1. The monoisotopic (exact) mass is 472 g/mol. The topological polar surface area (TPSA) is 35.8 Å². The number of phenolic OH excluding ortho intramolecular Hbond substituents is 1. The van der Waals surface area contributed by atoms with Crippen molar-refractivity contribution in [3.8, 4) is 5.75 Å². The van der Waals surface area contributed by atoms with Crippen molar-refractivity contribution < 1.29 is 26.0 Å². The molecule has 0 amide bonds. The molecular formula is C20H28Cl2N2OZr. The fraction of sp³-hybridized carbons (Fsp3) is 0.650. The van der Waals surface area contributed by atoms with Gasteiger partial charge >= 0.3 is 37.9 Å². The van der Waals surface area contributed by atoms with Crippen molar-refractivity contribution in [1.82, 2.24) is 0 Å². The molecule has 1 aromatic rings. The number of hydrogen-bond acceptors (Lipinski definition) is 3. The molecule has 1 aromatic carbocycles. The first-order chi connectivity index (χ1) is 12.4. The number of benzene rings is 1. The fourth-order valence-corrected chi connectivity index (χ4v) is 5.98. The van der Waals surface area contributed by atoms with Crippen molar-refractivity contribution in [1.29, 1.82) is 0 Å². The Morgan fingerprint density at radius 1 is 1.12 bits per heavy atom. The molecule has 0 heterocycles. The predicted octanol–water partition coefficient (Wildman–Crippen LogP) is 5.35. The Balaban J connectivity index is 0.000000613. The summed E-state index contributed by atoms with van der Waals surface area (Å²) >= 11 is -0.826. The Morgan fingerprint density at radius 2 is 1.62 bits per heavy atom. The summed E-state index contributed by atoms with van der Waals surface area (Å²) < 4.78 is 0. The van der Waals surface area contributed by atoms with Crippen LogP contribution in [0, 0.1) is 17.8 Å². The standard InChI is InChI=1S/C20H28N2O.2ClH.Zr/c1-21-12-16-7-17(22(2)3)8-18(19(16)23)20-9-13-4-14(10-20)6-15(5-13)11-20;;;/h7-8,12-15,23H,4-6,9-11H2,1-3H3;2*1H;/q;;;+2/p-2. The van der Waals surface area contributed by atoms with E-state index in [0.29, 0.717) is 5.75 Å². The van der Waals surface area contributed by atoms with Gasteiger partial charge in [0.2, 0.25) is 0 Å². The van der Waals surface area contributed by atoms with Crippen molar-refractivity contribution in [2.75, 3.05) is 26.0 Å². The molecule has 3 nitrogen and oxygen atoms in total. The number of hydrogen-bond donors (Lipinski definition) is 1. The molecule has 0 unspecified atom stereocenters. The van der Waals surface area contributed by atoms with E-state index in [1.54, 1.807) is 13.3 Å². The second-order valence-corrected chi connectivity index (χ2v) is 12.2. The summed E-state index contributed by atoms with van der Waals surface area (Å²) in [4.78, 5) is 6.29. The van der Waals surface area contributed by atoms with Crippen LogP contribution in [0.2, 0.25) is 0 Å². The zero-order chi connectivity index (χ0) is 18.9. The Morgan fingerprint density at radius 3 is 2.04 bits per heavy atom. The Bertz CT molecular complexity index is 643. The summed E-state index contributed by atoms with van der Waals surface area (Å²) in [5, 5.41) is 11.0. The summed E-state index contributed by atoms with van der Waals surface area (Å²) in [5.41, 5.74) is 3.44. The van der Waals surface area contributed by atoms with Gasteiger partial charge < -0.3 is 10.0 Å². The summed E-state index contributed by atoms with van der Waals surface area (Å²) in [7, 11) is 15.8. The van der Waals surface area contributed by atoms with Gasteiger partial charge in [0.05, 0.1) is 0 Å². The molecule has 4 bridgehead atoms. The van der Waals surface area contributed by atoms with E-state index in [1.807, 2.05) is 6.07 Å². The van der Waals surface area contributed by atoms with Gasteiger partial charge in [0.1, 0.15) is 5.75 Å². The van der Waals surface area contributed by atoms with Gasteiger partial charge in [-0.05, 0) is 73.8 Å². The van der Waals surface area contributed by atoms with Crippen molar-refractivity contribution in [3.63, 3.8) is 0 Å². The Labute approximate surface area is 175 Å². The second kappa shape index (κ2) is 8.54. The molecule has 0 spiro atoms. The fourth-order valence-electron chi connectivity index (χ4n) is 5.98. The van der Waals surface area contributed by atoms with Crippen LogP contribution >= 0.6 is 17.0 Å². The van der Waals surface area contributed by atoms with Gasteiger partial charge in [-0.1, -0.05) is 0 Å². The van der Waals surface area contributed by atoms with Gasteiger partial charge in [-0.3, -0.25) is 4.99 Å². The third-order valence-electron chi connectivity index (χ3n) is 6.52. The maximum atomic E-state index is 11.0. The summed E-state index contributed by atoms with van der Waals surface area (Å²) in [5.74, 6) is 3.12. The van der Waals surface area contributed by atoms with Gasteiger partial charge in [-0.2, -0.15) is 0 Å². The molecule has 6 heteroatoms. The average Bonchev–Trinajstić information content (AvgIpc) is 2.56. The van der Waals surface area contributed by atoms with Crippen molar-refractivity contribution >= 4 is 28.9 Å². The first-order valence-electron chi connectivity index (χ1n) is 9.35. The number of rotatable bonds is 3. The SMILES string of the molecule is CN=Cc1cc(N(C)C)cc(C23CC4CC(CC(C4)C2)C3)c1O.[Cl][Zr][Cl]. The quantitative estimate of drug-likeness (QED) is 0.600. The molecular weight excluding hydrogens is 446 g/mol. The van der Waals surface area contributed by atoms with Gasteiger partial charge in [0.15, 0.2) is 0 Å². The van der Waals surface area contributed by atoms with Crippen molar-refractivity contribution in [2.24, 2.45) is 22.7 Å². The molecule has 0 atom stereocenters. The van der Waals surface area contributed by atoms with Crippen molar-refractivity contribution in [3.05, 3.63) is 23.3 Å². The van der Waals surface area contributed by atoms with E-state index < -0.39 is 20.8 Å². The van der Waals surface area contributed by atoms with Crippen LogP contribution < -0.4 is 4.90 Å². The van der Waals surface area contributed by atoms with Crippen LogP contribution in [0.25, 0.3) is 0 Å². The molecule has 4 aliphatic carbocycles. The predicted molar refractivity (Wildman–Crippen MR) is 108 cm³/mol. The van der Waals surface area contributed by atoms with Gasteiger partial charge in [-0.25, -0.2) is 0 Å². The van der Waals surface area contributed by atoms with Gasteiger partial charge in [0, 0.05) is 44.2 Å². The van der Waals surface area contributed by atoms with E-state index in [2.05, 4.69) is 30.1 Å². The van der Waals surface area contributed by atoms with E-state index in [1.165, 1.54) is 49.8 Å². The molecule has 0 aromatic heterocycles. The second-order valence-electron chi connectivity index (χ2n) is 8.48. The van der Waals surface area contributed by atoms with Crippen LogP contribution in [0.5, 0.6) is 5.75 Å². The molecule has 4 aliphatic rings. The van der Waals surface area contributed by atoms with E-state index >= 15 is 0 Å². The van der Waals surface area contributed by atoms with Crippen LogP contribution in [-0.2, 0) is 26.3 Å². The number of phenols is 1. The third kappa shape index (κ3) is 4.03. The summed E-state index contributed by atoms with van der Waals surface area (Å²) in [6.07, 6.45) is 9.89. The van der Waals surface area contributed by atoms with Crippen LogP contribution in [0.3, 0.4) is 0 Å². The molecule has 1 N–H and O–H groups in total.